The van der Waals surface area contributed by atoms with Crippen LogP contribution in [0.3, 0.4) is 0 Å². The van der Waals surface area contributed by atoms with Gasteiger partial charge in [-0.1, -0.05) is 97.1 Å². The maximum Gasteiger partial charge on any atom is 0.225 e. The standard InChI is InChI=1S/C30H30N2O/c1-21(26-13-7-11-24-10-5-6-12-27(24)26)32-30(33)29-20-31-19-18-28(29)25-16-14-23(15-17-25)22-8-3-2-4-9-22/h2-17,21,28-29,31H,18-20H2,1H3,(H,32,33). The molecule has 1 amide bonds. The van der Waals surface area contributed by atoms with Gasteiger partial charge in [-0.25, -0.2) is 0 Å². The summed E-state index contributed by atoms with van der Waals surface area (Å²) < 4.78 is 0. The second-order valence-corrected chi connectivity index (χ2v) is 8.99. The molecule has 4 aromatic rings. The van der Waals surface area contributed by atoms with Gasteiger partial charge in [0.25, 0.3) is 0 Å². The third-order valence-electron chi connectivity index (χ3n) is 6.91. The molecule has 0 aromatic heterocycles. The van der Waals surface area contributed by atoms with E-state index >= 15 is 0 Å². The smallest absolute Gasteiger partial charge is 0.225 e. The number of carbonyl (C=O) groups excluding carboxylic acids is 1. The Bertz CT molecular complexity index is 1230. The van der Waals surface area contributed by atoms with Gasteiger partial charge in [0.1, 0.15) is 0 Å². The summed E-state index contributed by atoms with van der Waals surface area (Å²) in [5.41, 5.74) is 4.83. The van der Waals surface area contributed by atoms with Crippen LogP contribution in [-0.4, -0.2) is 19.0 Å². The number of amides is 1. The Labute approximate surface area is 195 Å². The van der Waals surface area contributed by atoms with Crippen molar-refractivity contribution in [2.24, 2.45) is 5.92 Å². The second-order valence-electron chi connectivity index (χ2n) is 8.99. The Morgan fingerprint density at radius 1 is 0.848 bits per heavy atom. The largest absolute Gasteiger partial charge is 0.349 e. The summed E-state index contributed by atoms with van der Waals surface area (Å²) in [5, 5.41) is 9.15. The van der Waals surface area contributed by atoms with Gasteiger partial charge >= 0.3 is 0 Å². The number of hydrogen-bond acceptors (Lipinski definition) is 2. The van der Waals surface area contributed by atoms with Crippen molar-refractivity contribution in [3.8, 4) is 11.1 Å². The number of fused-ring (bicyclic) bond motifs is 1. The molecule has 1 fully saturated rings. The van der Waals surface area contributed by atoms with Crippen LogP contribution in [0.15, 0.2) is 97.1 Å². The van der Waals surface area contributed by atoms with E-state index in [0.717, 1.165) is 18.5 Å². The highest BCUT2D eigenvalue weighted by atomic mass is 16.2. The van der Waals surface area contributed by atoms with E-state index in [1.165, 1.54) is 27.5 Å². The fourth-order valence-electron chi connectivity index (χ4n) is 5.11. The maximum atomic E-state index is 13.4. The predicted molar refractivity (Wildman–Crippen MR) is 136 cm³/mol. The topological polar surface area (TPSA) is 41.1 Å². The molecule has 3 unspecified atom stereocenters. The highest BCUT2D eigenvalue weighted by molar-refractivity contribution is 5.87. The molecule has 0 radical (unpaired) electrons. The molecule has 0 spiro atoms. The quantitative estimate of drug-likeness (QED) is 0.400. The number of benzene rings is 4. The summed E-state index contributed by atoms with van der Waals surface area (Å²) in [6.45, 7) is 3.73. The lowest BCUT2D eigenvalue weighted by Crippen LogP contribution is -2.45. The van der Waals surface area contributed by atoms with E-state index in [1.54, 1.807) is 0 Å². The zero-order valence-corrected chi connectivity index (χ0v) is 19.0. The van der Waals surface area contributed by atoms with Crippen LogP contribution in [0.25, 0.3) is 21.9 Å². The highest BCUT2D eigenvalue weighted by Gasteiger charge is 2.32. The lowest BCUT2D eigenvalue weighted by atomic mass is 9.80. The lowest BCUT2D eigenvalue weighted by molar-refractivity contribution is -0.126. The average Bonchev–Trinajstić information content (AvgIpc) is 2.89. The number of piperidine rings is 1. The van der Waals surface area contributed by atoms with E-state index < -0.39 is 0 Å². The molecule has 3 atom stereocenters. The summed E-state index contributed by atoms with van der Waals surface area (Å²) in [6.07, 6.45) is 0.964. The van der Waals surface area contributed by atoms with Crippen molar-refractivity contribution in [2.45, 2.75) is 25.3 Å². The third kappa shape index (κ3) is 4.55. The summed E-state index contributed by atoms with van der Waals surface area (Å²) in [4.78, 5) is 13.4. The van der Waals surface area contributed by atoms with Gasteiger partial charge in [0, 0.05) is 6.54 Å². The van der Waals surface area contributed by atoms with E-state index in [4.69, 9.17) is 0 Å². The van der Waals surface area contributed by atoms with Gasteiger partial charge in [-0.15, -0.1) is 0 Å². The maximum absolute atomic E-state index is 13.4. The molecule has 1 heterocycles. The molecule has 1 saturated heterocycles. The SMILES string of the molecule is CC(NC(=O)C1CNCCC1c1ccc(-c2ccccc2)cc1)c1cccc2ccccc12. The van der Waals surface area contributed by atoms with E-state index in [9.17, 15) is 4.79 Å². The van der Waals surface area contributed by atoms with Crippen molar-refractivity contribution < 1.29 is 4.79 Å². The number of rotatable bonds is 5. The minimum atomic E-state index is -0.0845. The van der Waals surface area contributed by atoms with Crippen LogP contribution in [0.1, 0.15) is 36.4 Å². The minimum absolute atomic E-state index is 0.0494. The zero-order valence-electron chi connectivity index (χ0n) is 19.0. The predicted octanol–water partition coefficient (Wildman–Crippen LogP) is 6.08. The van der Waals surface area contributed by atoms with Crippen LogP contribution >= 0.6 is 0 Å². The Morgan fingerprint density at radius 3 is 2.36 bits per heavy atom. The molecule has 4 aromatic carbocycles. The fourth-order valence-corrected chi connectivity index (χ4v) is 5.11. The number of carbonyl (C=O) groups is 1. The van der Waals surface area contributed by atoms with Crippen LogP contribution in [0.4, 0.5) is 0 Å². The molecule has 166 valence electrons. The molecule has 33 heavy (non-hydrogen) atoms. The van der Waals surface area contributed by atoms with Gasteiger partial charge in [0.15, 0.2) is 0 Å². The van der Waals surface area contributed by atoms with Gasteiger partial charge in [0.2, 0.25) is 5.91 Å². The van der Waals surface area contributed by atoms with Crippen LogP contribution in [0, 0.1) is 5.92 Å². The van der Waals surface area contributed by atoms with E-state index in [0.29, 0.717) is 6.54 Å². The molecule has 0 aliphatic carbocycles. The third-order valence-corrected chi connectivity index (χ3v) is 6.91. The normalized spacial score (nSPS) is 19.2. The first-order valence-electron chi connectivity index (χ1n) is 11.8. The Balaban J connectivity index is 1.34. The molecule has 3 nitrogen and oxygen atoms in total. The molecule has 0 saturated carbocycles. The molecule has 3 heteroatoms. The van der Waals surface area contributed by atoms with Crippen LogP contribution < -0.4 is 10.6 Å². The first-order chi connectivity index (χ1) is 16.2. The zero-order chi connectivity index (χ0) is 22.6. The lowest BCUT2D eigenvalue weighted by Gasteiger charge is -2.32. The van der Waals surface area contributed by atoms with Crippen molar-refractivity contribution in [1.82, 2.24) is 10.6 Å². The fraction of sp³-hybridized carbons (Fsp3) is 0.233. The van der Waals surface area contributed by atoms with E-state index in [2.05, 4.69) is 109 Å². The Kier molecular flexibility index (Phi) is 6.23. The van der Waals surface area contributed by atoms with Gasteiger partial charge in [0.05, 0.1) is 12.0 Å². The van der Waals surface area contributed by atoms with Gasteiger partial charge in [-0.2, -0.15) is 0 Å². The first kappa shape index (κ1) is 21.4. The van der Waals surface area contributed by atoms with Crippen molar-refractivity contribution in [3.63, 3.8) is 0 Å². The van der Waals surface area contributed by atoms with Crippen molar-refractivity contribution in [2.75, 3.05) is 13.1 Å². The molecule has 5 rings (SSSR count). The monoisotopic (exact) mass is 434 g/mol. The first-order valence-corrected chi connectivity index (χ1v) is 11.8. The highest BCUT2D eigenvalue weighted by Crippen LogP contribution is 2.33. The van der Waals surface area contributed by atoms with Crippen molar-refractivity contribution in [1.29, 1.82) is 0 Å². The molecule has 0 bridgehead atoms. The van der Waals surface area contributed by atoms with Gasteiger partial charge in [-0.3, -0.25) is 4.79 Å². The summed E-state index contributed by atoms with van der Waals surface area (Å²) in [7, 11) is 0. The Hall–Kier alpha value is -3.43. The molecular weight excluding hydrogens is 404 g/mol. The minimum Gasteiger partial charge on any atom is -0.349 e. The molecule has 1 aliphatic rings. The van der Waals surface area contributed by atoms with Crippen molar-refractivity contribution >= 4 is 16.7 Å². The summed E-state index contributed by atoms with van der Waals surface area (Å²) in [6, 6.07) is 33.8. The van der Waals surface area contributed by atoms with Crippen LogP contribution in [0.5, 0.6) is 0 Å². The van der Waals surface area contributed by atoms with Crippen molar-refractivity contribution in [3.05, 3.63) is 108 Å². The van der Waals surface area contributed by atoms with Crippen LogP contribution in [0.2, 0.25) is 0 Å². The molecule has 1 aliphatic heterocycles. The summed E-state index contributed by atoms with van der Waals surface area (Å²) >= 11 is 0. The second kappa shape index (κ2) is 9.60. The van der Waals surface area contributed by atoms with Gasteiger partial charge in [-0.05, 0) is 58.8 Å². The summed E-state index contributed by atoms with van der Waals surface area (Å²) in [5.74, 6) is 0.259. The van der Waals surface area contributed by atoms with E-state index in [-0.39, 0.29) is 23.8 Å². The average molecular weight is 435 g/mol. The molecule has 2 N–H and O–H groups in total. The molecular formula is C30H30N2O. The van der Waals surface area contributed by atoms with Crippen LogP contribution in [-0.2, 0) is 4.79 Å². The Morgan fingerprint density at radius 2 is 1.55 bits per heavy atom. The van der Waals surface area contributed by atoms with Gasteiger partial charge < -0.3 is 10.6 Å². The number of hydrogen-bond donors (Lipinski definition) is 2. The number of nitrogens with one attached hydrogen (secondary N) is 2. The van der Waals surface area contributed by atoms with E-state index in [1.807, 2.05) is 6.07 Å².